The van der Waals surface area contributed by atoms with Gasteiger partial charge in [-0.2, -0.15) is 0 Å². The minimum atomic E-state index is -1.16. The molecule has 3 N–H and O–H groups in total. The van der Waals surface area contributed by atoms with E-state index in [-0.39, 0.29) is 42.0 Å². The van der Waals surface area contributed by atoms with Crippen molar-refractivity contribution in [1.82, 2.24) is 5.32 Å². The Balaban J connectivity index is 2.05. The normalized spacial score (nSPS) is 18.0. The number of amides is 2. The summed E-state index contributed by atoms with van der Waals surface area (Å²) in [7, 11) is 0. The number of hydrogen-bond acceptors (Lipinski definition) is 4. The molecule has 1 aromatic carbocycles. The van der Waals surface area contributed by atoms with Crippen LogP contribution in [0, 0.1) is 17.7 Å². The zero-order valence-corrected chi connectivity index (χ0v) is 15.5. The fraction of sp³-hybridized carbons (Fsp3) is 0.526. The number of carbonyl (C=O) groups excluding carboxylic acids is 2. The molecule has 1 fully saturated rings. The third-order valence-electron chi connectivity index (χ3n) is 4.32. The Hall–Kier alpha value is -2.48. The summed E-state index contributed by atoms with van der Waals surface area (Å²) in [5.41, 5.74) is -0.0370. The van der Waals surface area contributed by atoms with Gasteiger partial charge in [0, 0.05) is 24.5 Å². The predicted molar refractivity (Wildman–Crippen MR) is 96.9 cm³/mol. The summed E-state index contributed by atoms with van der Waals surface area (Å²) in [5.74, 6) is -3.12. The van der Waals surface area contributed by atoms with Crippen LogP contribution in [0.4, 0.5) is 10.1 Å². The molecule has 0 aliphatic carbocycles. The van der Waals surface area contributed by atoms with Gasteiger partial charge in [0.05, 0.1) is 12.3 Å². The minimum absolute atomic E-state index is 0.0164. The molecule has 1 aliphatic rings. The first-order chi connectivity index (χ1) is 12.8. The van der Waals surface area contributed by atoms with Crippen molar-refractivity contribution in [2.45, 2.75) is 39.2 Å². The Labute approximate surface area is 157 Å². The number of carbonyl (C=O) groups is 3. The summed E-state index contributed by atoms with van der Waals surface area (Å²) < 4.78 is 19.5. The number of rotatable bonds is 7. The minimum Gasteiger partial charge on any atom is -0.480 e. The fourth-order valence-corrected chi connectivity index (χ4v) is 2.96. The topological polar surface area (TPSA) is 105 Å². The average molecular weight is 380 g/mol. The highest BCUT2D eigenvalue weighted by molar-refractivity contribution is 5.97. The van der Waals surface area contributed by atoms with Crippen molar-refractivity contribution >= 4 is 23.5 Å². The SMILES string of the molecule is CC(C)CC(=O)Nc1ccc(C(=O)NC(C(=O)O)C2CCCOC2)cc1F. The number of halogens is 1. The Morgan fingerprint density at radius 3 is 2.63 bits per heavy atom. The second-order valence-electron chi connectivity index (χ2n) is 7.11. The summed E-state index contributed by atoms with van der Waals surface area (Å²) >= 11 is 0. The lowest BCUT2D eigenvalue weighted by atomic mass is 9.93. The largest absolute Gasteiger partial charge is 0.480 e. The van der Waals surface area contributed by atoms with Gasteiger partial charge in [0.1, 0.15) is 11.9 Å². The van der Waals surface area contributed by atoms with Gasteiger partial charge in [-0.25, -0.2) is 9.18 Å². The van der Waals surface area contributed by atoms with Crippen molar-refractivity contribution in [3.05, 3.63) is 29.6 Å². The third-order valence-corrected chi connectivity index (χ3v) is 4.32. The molecule has 0 spiro atoms. The van der Waals surface area contributed by atoms with E-state index in [1.165, 1.54) is 12.1 Å². The average Bonchev–Trinajstić information content (AvgIpc) is 2.61. The second kappa shape index (κ2) is 9.45. The zero-order valence-electron chi connectivity index (χ0n) is 15.5. The standard InChI is InChI=1S/C19H25FN2O5/c1-11(2)8-16(23)21-15-6-5-12(9-14(15)20)18(24)22-17(19(25)26)13-4-3-7-27-10-13/h5-6,9,11,13,17H,3-4,7-8,10H2,1-2H3,(H,21,23)(H,22,24)(H,25,26). The van der Waals surface area contributed by atoms with Gasteiger partial charge in [-0.1, -0.05) is 13.8 Å². The van der Waals surface area contributed by atoms with Crippen molar-refractivity contribution in [3.8, 4) is 0 Å². The molecular weight excluding hydrogens is 355 g/mol. The first-order valence-electron chi connectivity index (χ1n) is 8.98. The number of carboxylic acids is 1. The van der Waals surface area contributed by atoms with E-state index in [9.17, 15) is 23.9 Å². The number of nitrogens with one attached hydrogen (secondary N) is 2. The molecule has 0 bridgehead atoms. The highest BCUT2D eigenvalue weighted by Gasteiger charge is 2.31. The second-order valence-corrected chi connectivity index (χ2v) is 7.11. The molecule has 1 saturated heterocycles. The Bertz CT molecular complexity index is 701. The van der Waals surface area contributed by atoms with Crippen LogP contribution in [-0.4, -0.2) is 42.1 Å². The maximum Gasteiger partial charge on any atom is 0.326 e. The first kappa shape index (κ1) is 20.8. The van der Waals surface area contributed by atoms with Crippen LogP contribution in [-0.2, 0) is 14.3 Å². The molecule has 1 aliphatic heterocycles. The molecule has 0 aromatic heterocycles. The maximum atomic E-state index is 14.2. The van der Waals surface area contributed by atoms with Crippen LogP contribution < -0.4 is 10.6 Å². The van der Waals surface area contributed by atoms with Crippen molar-refractivity contribution in [2.24, 2.45) is 11.8 Å². The first-order valence-corrected chi connectivity index (χ1v) is 8.98. The molecule has 2 atom stereocenters. The molecule has 1 heterocycles. The monoisotopic (exact) mass is 380 g/mol. The van der Waals surface area contributed by atoms with Crippen LogP contribution in [0.15, 0.2) is 18.2 Å². The number of ether oxygens (including phenoxy) is 1. The molecule has 7 nitrogen and oxygen atoms in total. The number of hydrogen-bond donors (Lipinski definition) is 3. The highest BCUT2D eigenvalue weighted by atomic mass is 19.1. The van der Waals surface area contributed by atoms with Gasteiger partial charge < -0.3 is 20.5 Å². The number of aliphatic carboxylic acids is 1. The number of carboxylic acid groups (broad SMARTS) is 1. The van der Waals surface area contributed by atoms with E-state index >= 15 is 0 Å². The molecule has 2 unspecified atom stereocenters. The van der Waals surface area contributed by atoms with E-state index in [1.807, 2.05) is 13.8 Å². The van der Waals surface area contributed by atoms with Crippen LogP contribution >= 0.6 is 0 Å². The molecule has 148 valence electrons. The van der Waals surface area contributed by atoms with Crippen molar-refractivity contribution in [3.63, 3.8) is 0 Å². The van der Waals surface area contributed by atoms with Gasteiger partial charge in [-0.3, -0.25) is 9.59 Å². The number of anilines is 1. The fourth-order valence-electron chi connectivity index (χ4n) is 2.96. The van der Waals surface area contributed by atoms with Gasteiger partial charge in [-0.05, 0) is 37.0 Å². The quantitative estimate of drug-likeness (QED) is 0.674. The van der Waals surface area contributed by atoms with E-state index in [1.54, 1.807) is 0 Å². The maximum absolute atomic E-state index is 14.2. The molecular formula is C19H25FN2O5. The molecule has 2 amide bonds. The van der Waals surface area contributed by atoms with Crippen molar-refractivity contribution in [1.29, 1.82) is 0 Å². The van der Waals surface area contributed by atoms with Crippen LogP contribution in [0.5, 0.6) is 0 Å². The van der Waals surface area contributed by atoms with Crippen molar-refractivity contribution < 1.29 is 28.6 Å². The van der Waals surface area contributed by atoms with Gasteiger partial charge in [0.15, 0.2) is 0 Å². The van der Waals surface area contributed by atoms with Gasteiger partial charge in [-0.15, -0.1) is 0 Å². The summed E-state index contributed by atoms with van der Waals surface area (Å²) in [4.78, 5) is 35.6. The molecule has 0 radical (unpaired) electrons. The summed E-state index contributed by atoms with van der Waals surface area (Å²) in [6.07, 6.45) is 1.61. The Kier molecular flexibility index (Phi) is 7.29. The molecule has 0 saturated carbocycles. The van der Waals surface area contributed by atoms with Crippen LogP contribution in [0.2, 0.25) is 0 Å². The lowest BCUT2D eigenvalue weighted by Gasteiger charge is -2.28. The van der Waals surface area contributed by atoms with Crippen molar-refractivity contribution in [2.75, 3.05) is 18.5 Å². The number of benzene rings is 1. The third kappa shape index (κ3) is 6.02. The summed E-state index contributed by atoms with van der Waals surface area (Å²) in [5, 5.41) is 14.3. The summed E-state index contributed by atoms with van der Waals surface area (Å²) in [6.45, 7) is 4.58. The lowest BCUT2D eigenvalue weighted by molar-refractivity contribution is -0.142. The van der Waals surface area contributed by atoms with Gasteiger partial charge in [0.2, 0.25) is 5.91 Å². The van der Waals surface area contributed by atoms with Gasteiger partial charge in [0.25, 0.3) is 5.91 Å². The highest BCUT2D eigenvalue weighted by Crippen LogP contribution is 2.20. The predicted octanol–water partition coefficient (Wildman–Crippen LogP) is 2.42. The van der Waals surface area contributed by atoms with E-state index in [2.05, 4.69) is 10.6 Å². The van der Waals surface area contributed by atoms with E-state index in [4.69, 9.17) is 4.74 Å². The van der Waals surface area contributed by atoms with Crippen LogP contribution in [0.3, 0.4) is 0 Å². The zero-order chi connectivity index (χ0) is 20.0. The lowest BCUT2D eigenvalue weighted by Crippen LogP contribution is -2.48. The van der Waals surface area contributed by atoms with E-state index < -0.39 is 23.7 Å². The van der Waals surface area contributed by atoms with Crippen LogP contribution in [0.25, 0.3) is 0 Å². The van der Waals surface area contributed by atoms with E-state index in [0.717, 1.165) is 12.5 Å². The Morgan fingerprint density at radius 2 is 2.07 bits per heavy atom. The molecule has 2 rings (SSSR count). The molecule has 27 heavy (non-hydrogen) atoms. The smallest absolute Gasteiger partial charge is 0.326 e. The molecule has 1 aromatic rings. The van der Waals surface area contributed by atoms with Gasteiger partial charge >= 0.3 is 5.97 Å². The summed E-state index contributed by atoms with van der Waals surface area (Å²) in [6, 6.07) is 2.52. The molecule has 8 heteroatoms. The Morgan fingerprint density at radius 1 is 1.33 bits per heavy atom. The van der Waals surface area contributed by atoms with Crippen LogP contribution in [0.1, 0.15) is 43.5 Å². The van der Waals surface area contributed by atoms with E-state index in [0.29, 0.717) is 13.0 Å².